The predicted molar refractivity (Wildman–Crippen MR) is 124 cm³/mol. The van der Waals surface area contributed by atoms with E-state index in [0.717, 1.165) is 44.9 Å². The van der Waals surface area contributed by atoms with Crippen molar-refractivity contribution >= 4 is 11.9 Å². The summed E-state index contributed by atoms with van der Waals surface area (Å²) in [6, 6.07) is 0. The van der Waals surface area contributed by atoms with E-state index < -0.39 is 17.3 Å². The van der Waals surface area contributed by atoms with E-state index in [4.69, 9.17) is 4.74 Å². The Labute approximate surface area is 185 Å². The average Bonchev–Trinajstić information content (AvgIpc) is 2.73. The Balaban J connectivity index is 2.38. The summed E-state index contributed by atoms with van der Waals surface area (Å²) in [7, 11) is 0. The van der Waals surface area contributed by atoms with Gasteiger partial charge >= 0.3 is 11.9 Å². The third kappa shape index (κ3) is 9.83. The highest BCUT2D eigenvalue weighted by atomic mass is 16.5. The van der Waals surface area contributed by atoms with Crippen molar-refractivity contribution in [3.63, 3.8) is 0 Å². The molecule has 1 aliphatic rings. The third-order valence-electron chi connectivity index (χ3n) is 7.01. The molecule has 0 bridgehead atoms. The molecule has 1 aliphatic carbocycles. The van der Waals surface area contributed by atoms with Crippen molar-refractivity contribution in [2.45, 2.75) is 142 Å². The molecule has 176 valence electrons. The summed E-state index contributed by atoms with van der Waals surface area (Å²) < 4.78 is 5.96. The number of carbonyl (C=O) groups is 2. The van der Waals surface area contributed by atoms with Crippen molar-refractivity contribution in [2.75, 3.05) is 0 Å². The maximum Gasteiger partial charge on any atom is 0.312 e. The van der Waals surface area contributed by atoms with Crippen molar-refractivity contribution in [3.8, 4) is 0 Å². The Morgan fingerprint density at radius 1 is 0.867 bits per heavy atom. The number of esters is 1. The van der Waals surface area contributed by atoms with Crippen LogP contribution in [0.25, 0.3) is 0 Å². The van der Waals surface area contributed by atoms with Gasteiger partial charge in [0.1, 0.15) is 6.10 Å². The number of aliphatic carboxylic acids is 1. The van der Waals surface area contributed by atoms with Crippen molar-refractivity contribution in [1.29, 1.82) is 0 Å². The second-order valence-corrected chi connectivity index (χ2v) is 9.69. The van der Waals surface area contributed by atoms with Crippen molar-refractivity contribution < 1.29 is 19.4 Å². The van der Waals surface area contributed by atoms with Crippen LogP contribution < -0.4 is 0 Å². The zero-order chi connectivity index (χ0) is 22.2. The Morgan fingerprint density at radius 3 is 1.97 bits per heavy atom. The van der Waals surface area contributed by atoms with Gasteiger partial charge in [-0.3, -0.25) is 9.59 Å². The third-order valence-corrected chi connectivity index (χ3v) is 7.01. The standard InChI is InChI=1S/C26H48O4/c1-4-6-8-9-10-11-12-13-14-15-19-22(18-7-5-2)30-25(29)26(3)21-17-16-20-23(26)24(27)28/h22-23H,4-21H2,1-3H3,(H,27,28). The van der Waals surface area contributed by atoms with Gasteiger partial charge in [-0.05, 0) is 39.0 Å². The molecular formula is C26H48O4. The number of carbonyl (C=O) groups excluding carboxylic acids is 1. The van der Waals surface area contributed by atoms with E-state index in [0.29, 0.717) is 12.8 Å². The molecule has 0 aromatic carbocycles. The molecular weight excluding hydrogens is 376 g/mol. The van der Waals surface area contributed by atoms with Gasteiger partial charge in [-0.1, -0.05) is 97.3 Å². The fourth-order valence-corrected chi connectivity index (χ4v) is 4.81. The first kappa shape index (κ1) is 27.0. The summed E-state index contributed by atoms with van der Waals surface area (Å²) >= 11 is 0. The number of hydrogen-bond donors (Lipinski definition) is 1. The van der Waals surface area contributed by atoms with Crippen LogP contribution in [0.1, 0.15) is 136 Å². The minimum absolute atomic E-state index is 0.0558. The Kier molecular flexibility index (Phi) is 14.1. The molecule has 3 atom stereocenters. The lowest BCUT2D eigenvalue weighted by Crippen LogP contribution is -2.44. The van der Waals surface area contributed by atoms with Crippen molar-refractivity contribution in [3.05, 3.63) is 0 Å². The molecule has 1 fully saturated rings. The lowest BCUT2D eigenvalue weighted by Gasteiger charge is -2.37. The van der Waals surface area contributed by atoms with Crippen LogP contribution in [0.4, 0.5) is 0 Å². The smallest absolute Gasteiger partial charge is 0.312 e. The van der Waals surface area contributed by atoms with Gasteiger partial charge in [0.15, 0.2) is 0 Å². The van der Waals surface area contributed by atoms with Crippen LogP contribution in [0.5, 0.6) is 0 Å². The first-order chi connectivity index (χ1) is 14.5. The second-order valence-electron chi connectivity index (χ2n) is 9.69. The molecule has 0 radical (unpaired) electrons. The SMILES string of the molecule is CCCCCCCCCCCCC(CCCC)OC(=O)C1(C)CCCCC1C(=O)O. The first-order valence-electron chi connectivity index (χ1n) is 12.9. The minimum Gasteiger partial charge on any atom is -0.481 e. The summed E-state index contributed by atoms with van der Waals surface area (Å²) in [5.41, 5.74) is -0.869. The summed E-state index contributed by atoms with van der Waals surface area (Å²) in [6.45, 7) is 6.22. The van der Waals surface area contributed by atoms with E-state index in [-0.39, 0.29) is 12.1 Å². The monoisotopic (exact) mass is 424 g/mol. The van der Waals surface area contributed by atoms with Gasteiger partial charge < -0.3 is 9.84 Å². The van der Waals surface area contributed by atoms with Crippen LogP contribution >= 0.6 is 0 Å². The summed E-state index contributed by atoms with van der Waals surface area (Å²) in [5, 5.41) is 9.60. The van der Waals surface area contributed by atoms with Gasteiger partial charge in [0.05, 0.1) is 11.3 Å². The predicted octanol–water partition coefficient (Wildman–Crippen LogP) is 7.68. The van der Waals surface area contributed by atoms with Gasteiger partial charge in [-0.2, -0.15) is 0 Å². The van der Waals surface area contributed by atoms with Crippen molar-refractivity contribution in [1.82, 2.24) is 0 Å². The molecule has 0 aliphatic heterocycles. The molecule has 4 nitrogen and oxygen atoms in total. The number of hydrogen-bond acceptors (Lipinski definition) is 3. The zero-order valence-electron chi connectivity index (χ0n) is 20.1. The van der Waals surface area contributed by atoms with Gasteiger partial charge in [0, 0.05) is 0 Å². The summed E-state index contributed by atoms with van der Waals surface area (Å²) in [4.78, 5) is 24.7. The number of unbranched alkanes of at least 4 members (excludes halogenated alkanes) is 10. The molecule has 4 heteroatoms. The molecule has 0 aromatic rings. The highest BCUT2D eigenvalue weighted by molar-refractivity contribution is 5.84. The van der Waals surface area contributed by atoms with Crippen LogP contribution in [-0.2, 0) is 14.3 Å². The van der Waals surface area contributed by atoms with E-state index in [2.05, 4.69) is 13.8 Å². The largest absolute Gasteiger partial charge is 0.481 e. The summed E-state index contributed by atoms with van der Waals surface area (Å²) in [5.74, 6) is -1.74. The fraction of sp³-hybridized carbons (Fsp3) is 0.923. The van der Waals surface area contributed by atoms with Crippen LogP contribution in [0.2, 0.25) is 0 Å². The average molecular weight is 425 g/mol. The molecule has 0 spiro atoms. The normalized spacial score (nSPS) is 22.6. The van der Waals surface area contributed by atoms with Gasteiger partial charge in [0.2, 0.25) is 0 Å². The van der Waals surface area contributed by atoms with Gasteiger partial charge in [0.25, 0.3) is 0 Å². The topological polar surface area (TPSA) is 63.6 Å². The van der Waals surface area contributed by atoms with Crippen molar-refractivity contribution in [2.24, 2.45) is 11.3 Å². The van der Waals surface area contributed by atoms with Crippen LogP contribution in [0.3, 0.4) is 0 Å². The lowest BCUT2D eigenvalue weighted by atomic mass is 9.67. The molecule has 30 heavy (non-hydrogen) atoms. The molecule has 1 saturated carbocycles. The quantitative estimate of drug-likeness (QED) is 0.192. The number of ether oxygens (including phenoxy) is 1. The maximum absolute atomic E-state index is 13.0. The number of carboxylic acids is 1. The maximum atomic E-state index is 13.0. The van der Waals surface area contributed by atoms with E-state index in [1.807, 2.05) is 6.92 Å². The Morgan fingerprint density at radius 2 is 1.40 bits per heavy atom. The minimum atomic E-state index is -0.869. The molecule has 1 rings (SSSR count). The van der Waals surface area contributed by atoms with Gasteiger partial charge in [-0.15, -0.1) is 0 Å². The number of carboxylic acid groups (broad SMARTS) is 1. The van der Waals surface area contributed by atoms with Gasteiger partial charge in [-0.25, -0.2) is 0 Å². The molecule has 0 saturated heterocycles. The van der Waals surface area contributed by atoms with E-state index in [1.54, 1.807) is 0 Å². The summed E-state index contributed by atoms with van der Waals surface area (Å²) in [6.07, 6.45) is 19.9. The number of rotatable bonds is 17. The van der Waals surface area contributed by atoms with Crippen LogP contribution in [-0.4, -0.2) is 23.1 Å². The van der Waals surface area contributed by atoms with E-state index in [9.17, 15) is 14.7 Å². The molecule has 0 heterocycles. The van der Waals surface area contributed by atoms with E-state index >= 15 is 0 Å². The highest BCUT2D eigenvalue weighted by Gasteiger charge is 2.48. The fourth-order valence-electron chi connectivity index (χ4n) is 4.81. The Bertz CT molecular complexity index is 476. The lowest BCUT2D eigenvalue weighted by molar-refractivity contribution is -0.174. The van der Waals surface area contributed by atoms with Crippen LogP contribution in [0.15, 0.2) is 0 Å². The molecule has 3 unspecified atom stereocenters. The molecule has 0 aromatic heterocycles. The Hall–Kier alpha value is -1.06. The van der Waals surface area contributed by atoms with E-state index in [1.165, 1.54) is 57.8 Å². The zero-order valence-corrected chi connectivity index (χ0v) is 20.1. The molecule has 0 amide bonds. The van der Waals surface area contributed by atoms with Crippen LogP contribution in [0, 0.1) is 11.3 Å². The highest BCUT2D eigenvalue weighted by Crippen LogP contribution is 2.42. The molecule has 1 N–H and O–H groups in total. The first-order valence-corrected chi connectivity index (χ1v) is 12.9. The second kappa shape index (κ2) is 15.7.